The minimum Gasteiger partial charge on any atom is -0.391 e. The second kappa shape index (κ2) is 8.05. The third kappa shape index (κ3) is 5.46. The molecule has 1 aromatic rings. The van der Waals surface area contributed by atoms with Gasteiger partial charge in [0.15, 0.2) is 0 Å². The summed E-state index contributed by atoms with van der Waals surface area (Å²) in [5, 5.41) is 12.4. The SMILES string of the molecule is Cc1cc(SCC(=O)NCC(O)C(C)C)c(C)cc1Br. The van der Waals surface area contributed by atoms with E-state index in [-0.39, 0.29) is 11.8 Å². The van der Waals surface area contributed by atoms with E-state index in [2.05, 4.69) is 33.4 Å². The highest BCUT2D eigenvalue weighted by Crippen LogP contribution is 2.28. The molecule has 3 nitrogen and oxygen atoms in total. The molecule has 1 atom stereocenters. The van der Waals surface area contributed by atoms with Crippen molar-refractivity contribution in [2.75, 3.05) is 12.3 Å². The number of rotatable bonds is 6. The minimum atomic E-state index is -0.486. The van der Waals surface area contributed by atoms with E-state index >= 15 is 0 Å². The quantitative estimate of drug-likeness (QED) is 0.766. The largest absolute Gasteiger partial charge is 0.391 e. The lowest BCUT2D eigenvalue weighted by molar-refractivity contribution is -0.119. The van der Waals surface area contributed by atoms with Crippen molar-refractivity contribution < 1.29 is 9.90 Å². The number of aliphatic hydroxyl groups is 1. The molecule has 0 saturated heterocycles. The van der Waals surface area contributed by atoms with Gasteiger partial charge in [-0.25, -0.2) is 0 Å². The van der Waals surface area contributed by atoms with Crippen molar-refractivity contribution >= 4 is 33.6 Å². The van der Waals surface area contributed by atoms with Crippen LogP contribution in [0.3, 0.4) is 0 Å². The van der Waals surface area contributed by atoms with Crippen molar-refractivity contribution in [3.63, 3.8) is 0 Å². The van der Waals surface area contributed by atoms with Crippen LogP contribution in [0.15, 0.2) is 21.5 Å². The Balaban J connectivity index is 2.47. The van der Waals surface area contributed by atoms with Crippen LogP contribution in [0.25, 0.3) is 0 Å². The van der Waals surface area contributed by atoms with Gasteiger partial charge in [-0.05, 0) is 43.0 Å². The van der Waals surface area contributed by atoms with Crippen LogP contribution in [0.2, 0.25) is 0 Å². The predicted octanol–water partition coefficient (Wildman–Crippen LogP) is 3.29. The molecule has 20 heavy (non-hydrogen) atoms. The fraction of sp³-hybridized carbons (Fsp3) is 0.533. The van der Waals surface area contributed by atoms with Crippen LogP contribution in [0.5, 0.6) is 0 Å². The van der Waals surface area contributed by atoms with E-state index in [9.17, 15) is 9.90 Å². The number of benzene rings is 1. The molecule has 1 aromatic carbocycles. The Morgan fingerprint density at radius 2 is 2.00 bits per heavy atom. The summed E-state index contributed by atoms with van der Waals surface area (Å²) in [4.78, 5) is 12.9. The lowest BCUT2D eigenvalue weighted by Gasteiger charge is -2.15. The average molecular weight is 360 g/mol. The van der Waals surface area contributed by atoms with Crippen molar-refractivity contribution in [3.05, 3.63) is 27.7 Å². The second-order valence-corrected chi connectivity index (χ2v) is 7.14. The molecule has 0 fully saturated rings. The monoisotopic (exact) mass is 359 g/mol. The van der Waals surface area contributed by atoms with E-state index in [1.54, 1.807) is 0 Å². The number of carbonyl (C=O) groups is 1. The van der Waals surface area contributed by atoms with Gasteiger partial charge < -0.3 is 10.4 Å². The van der Waals surface area contributed by atoms with Crippen molar-refractivity contribution in [2.24, 2.45) is 5.92 Å². The lowest BCUT2D eigenvalue weighted by Crippen LogP contribution is -2.35. The number of hydrogen-bond acceptors (Lipinski definition) is 3. The maximum absolute atomic E-state index is 11.8. The Kier molecular flexibility index (Phi) is 7.06. The number of amides is 1. The molecule has 0 spiro atoms. The zero-order chi connectivity index (χ0) is 15.3. The van der Waals surface area contributed by atoms with Crippen LogP contribution in [0.4, 0.5) is 0 Å². The summed E-state index contributed by atoms with van der Waals surface area (Å²) in [5.74, 6) is 0.473. The predicted molar refractivity (Wildman–Crippen MR) is 88.2 cm³/mol. The van der Waals surface area contributed by atoms with Gasteiger partial charge in [-0.3, -0.25) is 4.79 Å². The zero-order valence-electron chi connectivity index (χ0n) is 12.4. The van der Waals surface area contributed by atoms with Gasteiger partial charge in [0.25, 0.3) is 0 Å². The number of aliphatic hydroxyl groups excluding tert-OH is 1. The zero-order valence-corrected chi connectivity index (χ0v) is 14.8. The van der Waals surface area contributed by atoms with Gasteiger partial charge in [0.1, 0.15) is 0 Å². The van der Waals surface area contributed by atoms with Crippen LogP contribution < -0.4 is 5.32 Å². The number of nitrogens with one attached hydrogen (secondary N) is 1. The van der Waals surface area contributed by atoms with Gasteiger partial charge in [-0.1, -0.05) is 29.8 Å². The molecule has 2 N–H and O–H groups in total. The topological polar surface area (TPSA) is 49.3 Å². The summed E-state index contributed by atoms with van der Waals surface area (Å²) in [6.45, 7) is 8.24. The summed E-state index contributed by atoms with van der Waals surface area (Å²) in [5.41, 5.74) is 2.32. The van der Waals surface area contributed by atoms with Gasteiger partial charge in [0.2, 0.25) is 5.91 Å². The normalized spacial score (nSPS) is 12.6. The number of halogens is 1. The standard InChI is InChI=1S/C15H22BrNO2S/c1-9(2)13(18)7-17-15(19)8-20-14-6-10(3)12(16)5-11(14)4/h5-6,9,13,18H,7-8H2,1-4H3,(H,17,19). The first-order valence-corrected chi connectivity index (χ1v) is 8.43. The Bertz CT molecular complexity index is 477. The van der Waals surface area contributed by atoms with E-state index in [0.29, 0.717) is 12.3 Å². The van der Waals surface area contributed by atoms with Gasteiger partial charge in [-0.15, -0.1) is 11.8 Å². The van der Waals surface area contributed by atoms with Crippen molar-refractivity contribution in [1.29, 1.82) is 0 Å². The molecule has 0 aromatic heterocycles. The average Bonchev–Trinajstić information content (AvgIpc) is 2.38. The summed E-state index contributed by atoms with van der Waals surface area (Å²) < 4.78 is 1.09. The molecule has 0 aliphatic heterocycles. The Labute approximate surface area is 133 Å². The molecule has 5 heteroatoms. The van der Waals surface area contributed by atoms with Crippen molar-refractivity contribution in [3.8, 4) is 0 Å². The molecule has 0 radical (unpaired) electrons. The maximum atomic E-state index is 11.8. The fourth-order valence-corrected chi connectivity index (χ4v) is 2.95. The molecule has 1 rings (SSSR count). The lowest BCUT2D eigenvalue weighted by atomic mass is 10.1. The molecule has 0 aliphatic carbocycles. The van der Waals surface area contributed by atoms with Crippen molar-refractivity contribution in [2.45, 2.75) is 38.7 Å². The first-order chi connectivity index (χ1) is 9.31. The highest BCUT2D eigenvalue weighted by Gasteiger charge is 2.11. The highest BCUT2D eigenvalue weighted by molar-refractivity contribution is 9.10. The summed E-state index contributed by atoms with van der Waals surface area (Å²) in [6.07, 6.45) is -0.486. The van der Waals surface area contributed by atoms with Crippen LogP contribution in [0.1, 0.15) is 25.0 Å². The van der Waals surface area contributed by atoms with Crippen LogP contribution in [-0.4, -0.2) is 29.4 Å². The Morgan fingerprint density at radius 1 is 1.35 bits per heavy atom. The van der Waals surface area contributed by atoms with E-state index in [4.69, 9.17) is 0 Å². The van der Waals surface area contributed by atoms with Crippen LogP contribution in [-0.2, 0) is 4.79 Å². The smallest absolute Gasteiger partial charge is 0.230 e. The van der Waals surface area contributed by atoms with E-state index in [1.165, 1.54) is 11.8 Å². The number of thioether (sulfide) groups is 1. The Morgan fingerprint density at radius 3 is 2.60 bits per heavy atom. The molecule has 1 amide bonds. The minimum absolute atomic E-state index is 0.0466. The molecular weight excluding hydrogens is 338 g/mol. The number of aryl methyl sites for hydroxylation is 2. The third-order valence-electron chi connectivity index (χ3n) is 3.09. The molecular formula is C15H22BrNO2S. The molecule has 0 heterocycles. The van der Waals surface area contributed by atoms with E-state index in [1.807, 2.05) is 27.7 Å². The van der Waals surface area contributed by atoms with E-state index < -0.39 is 6.10 Å². The van der Waals surface area contributed by atoms with Gasteiger partial charge in [-0.2, -0.15) is 0 Å². The van der Waals surface area contributed by atoms with Gasteiger partial charge in [0, 0.05) is 15.9 Å². The summed E-state index contributed by atoms with van der Waals surface area (Å²) in [6, 6.07) is 4.15. The summed E-state index contributed by atoms with van der Waals surface area (Å²) >= 11 is 5.02. The second-order valence-electron chi connectivity index (χ2n) is 5.27. The van der Waals surface area contributed by atoms with Gasteiger partial charge >= 0.3 is 0 Å². The molecule has 0 aliphatic rings. The highest BCUT2D eigenvalue weighted by atomic mass is 79.9. The maximum Gasteiger partial charge on any atom is 0.230 e. The van der Waals surface area contributed by atoms with Crippen LogP contribution >= 0.6 is 27.7 Å². The van der Waals surface area contributed by atoms with Crippen LogP contribution in [0, 0.1) is 19.8 Å². The first-order valence-electron chi connectivity index (χ1n) is 6.65. The van der Waals surface area contributed by atoms with Crippen molar-refractivity contribution in [1.82, 2.24) is 5.32 Å². The Hall–Kier alpha value is -0.520. The molecule has 1 unspecified atom stereocenters. The van der Waals surface area contributed by atoms with Gasteiger partial charge in [0.05, 0.1) is 11.9 Å². The number of hydrogen-bond donors (Lipinski definition) is 2. The first kappa shape index (κ1) is 17.5. The molecule has 0 saturated carbocycles. The summed E-state index contributed by atoms with van der Waals surface area (Å²) in [7, 11) is 0. The molecule has 0 bridgehead atoms. The fourth-order valence-electron chi connectivity index (χ4n) is 1.56. The molecule has 112 valence electrons. The van der Waals surface area contributed by atoms with E-state index in [0.717, 1.165) is 20.5 Å². The third-order valence-corrected chi connectivity index (χ3v) is 5.10. The number of carbonyl (C=O) groups excluding carboxylic acids is 1.